The van der Waals surface area contributed by atoms with Crippen LogP contribution in [0.1, 0.15) is 47.5 Å². The molecule has 84 valence electrons. The summed E-state index contributed by atoms with van der Waals surface area (Å²) < 4.78 is 5.69. The first-order valence-electron chi connectivity index (χ1n) is 5.66. The molecule has 2 heteroatoms. The van der Waals surface area contributed by atoms with E-state index in [1.165, 1.54) is 0 Å². The molecule has 0 radical (unpaired) electrons. The molecule has 1 N–H and O–H groups in total. The lowest BCUT2D eigenvalue weighted by Crippen LogP contribution is -2.45. The monoisotopic (exact) mass is 199 g/mol. The Morgan fingerprint density at radius 3 is 2.50 bits per heavy atom. The lowest BCUT2D eigenvalue weighted by molar-refractivity contribution is -0.0635. The van der Waals surface area contributed by atoms with E-state index in [0.717, 1.165) is 26.0 Å². The van der Waals surface area contributed by atoms with Crippen molar-refractivity contribution in [3.05, 3.63) is 0 Å². The van der Waals surface area contributed by atoms with Gasteiger partial charge in [-0.15, -0.1) is 0 Å². The van der Waals surface area contributed by atoms with E-state index in [-0.39, 0.29) is 5.60 Å². The van der Waals surface area contributed by atoms with Gasteiger partial charge in [-0.25, -0.2) is 0 Å². The summed E-state index contributed by atoms with van der Waals surface area (Å²) in [4.78, 5) is 0. The van der Waals surface area contributed by atoms with Gasteiger partial charge in [0, 0.05) is 19.2 Å². The van der Waals surface area contributed by atoms with Crippen LogP contribution in [0.5, 0.6) is 0 Å². The van der Waals surface area contributed by atoms with Crippen LogP contribution in [-0.2, 0) is 4.74 Å². The van der Waals surface area contributed by atoms with Gasteiger partial charge in [0.25, 0.3) is 0 Å². The number of hydrogen-bond acceptors (Lipinski definition) is 2. The topological polar surface area (TPSA) is 21.3 Å². The molecule has 0 amide bonds. The molecule has 14 heavy (non-hydrogen) atoms. The van der Waals surface area contributed by atoms with Crippen LogP contribution in [0.3, 0.4) is 0 Å². The van der Waals surface area contributed by atoms with E-state index in [1.807, 2.05) is 0 Å². The van der Waals surface area contributed by atoms with Crippen molar-refractivity contribution in [1.29, 1.82) is 0 Å². The number of rotatable bonds is 2. The fourth-order valence-electron chi connectivity index (χ4n) is 1.86. The average Bonchev–Trinajstić information content (AvgIpc) is 1.98. The van der Waals surface area contributed by atoms with E-state index in [9.17, 15) is 0 Å². The van der Waals surface area contributed by atoms with E-state index in [0.29, 0.717) is 11.5 Å². The molecule has 0 aromatic rings. The maximum atomic E-state index is 5.69. The number of ether oxygens (including phenoxy) is 1. The van der Waals surface area contributed by atoms with Crippen LogP contribution >= 0.6 is 0 Å². The van der Waals surface area contributed by atoms with Gasteiger partial charge in [0.1, 0.15) is 0 Å². The van der Waals surface area contributed by atoms with E-state index in [4.69, 9.17) is 4.74 Å². The molecule has 0 aliphatic carbocycles. The molecule has 0 bridgehead atoms. The smallest absolute Gasteiger partial charge is 0.0641 e. The first kappa shape index (κ1) is 12.0. The minimum Gasteiger partial charge on any atom is -0.375 e. The highest BCUT2D eigenvalue weighted by Crippen LogP contribution is 2.24. The fraction of sp³-hybridized carbons (Fsp3) is 1.00. The summed E-state index contributed by atoms with van der Waals surface area (Å²) in [7, 11) is 0. The SMILES string of the molecule is CC(C)(C)CNC1CCOC(C)(C)C1. The molecule has 0 spiro atoms. The standard InChI is InChI=1S/C12H25NO/c1-11(2,3)9-13-10-6-7-14-12(4,5)8-10/h10,13H,6-9H2,1-5H3. The molecule has 0 aromatic carbocycles. The van der Waals surface area contributed by atoms with Gasteiger partial charge >= 0.3 is 0 Å². The zero-order valence-electron chi connectivity index (χ0n) is 10.3. The van der Waals surface area contributed by atoms with E-state index >= 15 is 0 Å². The Morgan fingerprint density at radius 2 is 2.00 bits per heavy atom. The van der Waals surface area contributed by atoms with E-state index in [1.54, 1.807) is 0 Å². The van der Waals surface area contributed by atoms with Crippen molar-refractivity contribution >= 4 is 0 Å². The van der Waals surface area contributed by atoms with Crippen molar-refractivity contribution in [2.24, 2.45) is 5.41 Å². The molecule has 1 rings (SSSR count). The van der Waals surface area contributed by atoms with Crippen molar-refractivity contribution in [2.45, 2.75) is 59.1 Å². The summed E-state index contributed by atoms with van der Waals surface area (Å²) in [5, 5.41) is 3.64. The lowest BCUT2D eigenvalue weighted by Gasteiger charge is -2.37. The van der Waals surface area contributed by atoms with Crippen molar-refractivity contribution in [3.8, 4) is 0 Å². The first-order chi connectivity index (χ1) is 6.29. The highest BCUT2D eigenvalue weighted by Gasteiger charge is 2.28. The Balaban J connectivity index is 2.32. The summed E-state index contributed by atoms with van der Waals surface area (Å²) in [6.45, 7) is 13.2. The molecule has 1 fully saturated rings. The first-order valence-corrected chi connectivity index (χ1v) is 5.66. The number of nitrogens with one attached hydrogen (secondary N) is 1. The van der Waals surface area contributed by atoms with Gasteiger partial charge in [-0.2, -0.15) is 0 Å². The molecule has 1 atom stereocenters. The van der Waals surface area contributed by atoms with Crippen LogP contribution in [0.2, 0.25) is 0 Å². The second kappa shape index (κ2) is 4.19. The third-order valence-corrected chi connectivity index (χ3v) is 2.62. The van der Waals surface area contributed by atoms with Crippen molar-refractivity contribution in [2.75, 3.05) is 13.2 Å². The summed E-state index contributed by atoms with van der Waals surface area (Å²) >= 11 is 0. The number of hydrogen-bond donors (Lipinski definition) is 1. The van der Waals surface area contributed by atoms with Crippen LogP contribution in [0.15, 0.2) is 0 Å². The molecule has 2 nitrogen and oxygen atoms in total. The van der Waals surface area contributed by atoms with E-state index < -0.39 is 0 Å². The highest BCUT2D eigenvalue weighted by atomic mass is 16.5. The van der Waals surface area contributed by atoms with Crippen LogP contribution in [0.4, 0.5) is 0 Å². The zero-order valence-corrected chi connectivity index (χ0v) is 10.3. The molecule has 1 heterocycles. The normalized spacial score (nSPS) is 27.6. The van der Waals surface area contributed by atoms with Crippen LogP contribution in [0, 0.1) is 5.41 Å². The molecular weight excluding hydrogens is 174 g/mol. The second-order valence-electron chi connectivity index (χ2n) is 6.24. The molecule has 1 saturated heterocycles. The van der Waals surface area contributed by atoms with Gasteiger partial charge in [0.05, 0.1) is 5.60 Å². The Hall–Kier alpha value is -0.0800. The quantitative estimate of drug-likeness (QED) is 0.738. The minimum absolute atomic E-state index is 0.0633. The van der Waals surface area contributed by atoms with Crippen LogP contribution < -0.4 is 5.32 Å². The summed E-state index contributed by atoms with van der Waals surface area (Å²) in [6.07, 6.45) is 2.28. The van der Waals surface area contributed by atoms with Crippen molar-refractivity contribution in [1.82, 2.24) is 5.32 Å². The molecular formula is C12H25NO. The highest BCUT2D eigenvalue weighted by molar-refractivity contribution is 4.83. The predicted molar refractivity (Wildman–Crippen MR) is 60.5 cm³/mol. The molecule has 1 aliphatic rings. The maximum absolute atomic E-state index is 5.69. The fourth-order valence-corrected chi connectivity index (χ4v) is 1.86. The second-order valence-corrected chi connectivity index (χ2v) is 6.24. The predicted octanol–water partition coefficient (Wildman–Crippen LogP) is 2.58. The zero-order chi connectivity index (χ0) is 10.8. The Morgan fingerprint density at radius 1 is 1.36 bits per heavy atom. The molecule has 0 aromatic heterocycles. The Bertz CT molecular complexity index is 181. The summed E-state index contributed by atoms with van der Waals surface area (Å²) in [5.74, 6) is 0. The van der Waals surface area contributed by atoms with Gasteiger partial charge in [-0.1, -0.05) is 20.8 Å². The Kier molecular flexibility index (Phi) is 3.59. The maximum Gasteiger partial charge on any atom is 0.0641 e. The summed E-state index contributed by atoms with van der Waals surface area (Å²) in [6, 6.07) is 0.637. The molecule has 1 aliphatic heterocycles. The van der Waals surface area contributed by atoms with Gasteiger partial charge in [0.15, 0.2) is 0 Å². The molecule has 0 saturated carbocycles. The minimum atomic E-state index is 0.0633. The van der Waals surface area contributed by atoms with E-state index in [2.05, 4.69) is 39.9 Å². The van der Waals surface area contributed by atoms with Crippen LogP contribution in [-0.4, -0.2) is 24.8 Å². The van der Waals surface area contributed by atoms with Gasteiger partial charge < -0.3 is 10.1 Å². The molecule has 1 unspecified atom stereocenters. The Labute approximate surface area is 88.4 Å². The third kappa shape index (κ3) is 4.43. The van der Waals surface area contributed by atoms with Crippen molar-refractivity contribution < 1.29 is 4.74 Å². The third-order valence-electron chi connectivity index (χ3n) is 2.62. The van der Waals surface area contributed by atoms with Crippen LogP contribution in [0.25, 0.3) is 0 Å². The summed E-state index contributed by atoms with van der Waals surface area (Å²) in [5.41, 5.74) is 0.441. The van der Waals surface area contributed by atoms with Gasteiger partial charge in [0.2, 0.25) is 0 Å². The lowest BCUT2D eigenvalue weighted by atomic mass is 9.91. The van der Waals surface area contributed by atoms with Gasteiger partial charge in [-0.05, 0) is 32.1 Å². The van der Waals surface area contributed by atoms with Gasteiger partial charge in [-0.3, -0.25) is 0 Å². The average molecular weight is 199 g/mol. The van der Waals surface area contributed by atoms with Crippen molar-refractivity contribution in [3.63, 3.8) is 0 Å². The largest absolute Gasteiger partial charge is 0.375 e.